The number of piperazine rings is 1. The Bertz CT molecular complexity index is 1100. The van der Waals surface area contributed by atoms with Crippen LogP contribution in [-0.2, 0) is 11.3 Å². The lowest BCUT2D eigenvalue weighted by molar-refractivity contribution is -0.116. The zero-order chi connectivity index (χ0) is 22.5. The molecule has 0 unspecified atom stereocenters. The monoisotopic (exact) mass is 436 g/mol. The Labute approximate surface area is 184 Å². The first kappa shape index (κ1) is 21.3. The minimum atomic E-state index is -0.224. The van der Waals surface area contributed by atoms with Gasteiger partial charge in [-0.3, -0.25) is 14.4 Å². The van der Waals surface area contributed by atoms with E-state index in [1.165, 1.54) is 0 Å². The number of aryl methyl sites for hydroxylation is 2. The molecule has 10 nitrogen and oxygen atoms in total. The molecular formula is C22H24N6O4. The lowest BCUT2D eigenvalue weighted by Gasteiger charge is -2.34. The van der Waals surface area contributed by atoms with Gasteiger partial charge in [0, 0.05) is 68.9 Å². The van der Waals surface area contributed by atoms with Crippen molar-refractivity contribution in [1.82, 2.24) is 24.5 Å². The zero-order valence-corrected chi connectivity index (χ0v) is 17.7. The number of aromatic nitrogens is 3. The highest BCUT2D eigenvalue weighted by Crippen LogP contribution is 2.16. The summed E-state index contributed by atoms with van der Waals surface area (Å²) in [6.07, 6.45) is 5.42. The van der Waals surface area contributed by atoms with Gasteiger partial charge in [-0.05, 0) is 25.1 Å². The number of anilines is 1. The summed E-state index contributed by atoms with van der Waals surface area (Å²) in [6, 6.07) is 8.49. The van der Waals surface area contributed by atoms with Gasteiger partial charge in [-0.25, -0.2) is 4.98 Å². The van der Waals surface area contributed by atoms with E-state index in [0.29, 0.717) is 56.1 Å². The number of nitrogens with zero attached hydrogens (tertiary/aromatic N) is 5. The van der Waals surface area contributed by atoms with Crippen molar-refractivity contribution in [2.45, 2.75) is 19.9 Å². The van der Waals surface area contributed by atoms with Crippen molar-refractivity contribution in [3.05, 3.63) is 66.1 Å². The molecule has 10 heteroatoms. The van der Waals surface area contributed by atoms with E-state index in [-0.39, 0.29) is 23.5 Å². The highest BCUT2D eigenvalue weighted by Gasteiger charge is 2.27. The maximum atomic E-state index is 12.9. The van der Waals surface area contributed by atoms with Crippen molar-refractivity contribution in [3.63, 3.8) is 0 Å². The van der Waals surface area contributed by atoms with Crippen LogP contribution in [0.5, 0.6) is 0 Å². The Kier molecular flexibility index (Phi) is 6.29. The summed E-state index contributed by atoms with van der Waals surface area (Å²) in [6.45, 7) is 3.94. The van der Waals surface area contributed by atoms with Crippen LogP contribution in [0, 0.1) is 6.92 Å². The molecule has 32 heavy (non-hydrogen) atoms. The van der Waals surface area contributed by atoms with Gasteiger partial charge in [-0.1, -0.05) is 11.2 Å². The molecule has 1 N–H and O–H groups in total. The van der Waals surface area contributed by atoms with E-state index in [1.807, 2.05) is 4.57 Å². The van der Waals surface area contributed by atoms with Crippen molar-refractivity contribution >= 4 is 23.4 Å². The predicted octanol–water partition coefficient (Wildman–Crippen LogP) is 1.81. The number of hydrogen-bond donors (Lipinski definition) is 1. The maximum Gasteiger partial charge on any atom is 0.292 e. The fraction of sp³-hybridized carbons (Fsp3) is 0.318. The predicted molar refractivity (Wildman–Crippen MR) is 115 cm³/mol. The summed E-state index contributed by atoms with van der Waals surface area (Å²) >= 11 is 0. The molecule has 0 atom stereocenters. The summed E-state index contributed by atoms with van der Waals surface area (Å²) in [7, 11) is 0. The standard InChI is InChI=1S/C22H24N6O4/c1-16-13-19(32-25-16)22(31)28-11-9-27(10-12-28)21(30)17-3-2-4-18(14-17)24-20(29)5-7-26-8-6-23-15-26/h2-4,6,8,13-15H,5,7,9-12H2,1H3,(H,24,29). The smallest absolute Gasteiger partial charge is 0.292 e. The highest BCUT2D eigenvalue weighted by molar-refractivity contribution is 5.97. The fourth-order valence-electron chi connectivity index (χ4n) is 3.52. The average Bonchev–Trinajstić information content (AvgIpc) is 3.49. The molecule has 0 aliphatic carbocycles. The van der Waals surface area contributed by atoms with Crippen LogP contribution in [0.3, 0.4) is 0 Å². The summed E-state index contributed by atoms with van der Waals surface area (Å²) in [5.74, 6) is -0.294. The Morgan fingerprint density at radius 3 is 2.47 bits per heavy atom. The second-order valence-electron chi connectivity index (χ2n) is 7.60. The number of hydrogen-bond acceptors (Lipinski definition) is 6. The zero-order valence-electron chi connectivity index (χ0n) is 17.7. The Balaban J connectivity index is 1.31. The summed E-state index contributed by atoms with van der Waals surface area (Å²) in [5.41, 5.74) is 1.71. The van der Waals surface area contributed by atoms with E-state index in [1.54, 1.807) is 65.8 Å². The van der Waals surface area contributed by atoms with Crippen LogP contribution in [0.2, 0.25) is 0 Å². The van der Waals surface area contributed by atoms with Gasteiger partial charge in [0.1, 0.15) is 0 Å². The number of carbonyl (C=O) groups is 3. The second kappa shape index (κ2) is 9.46. The summed E-state index contributed by atoms with van der Waals surface area (Å²) in [5, 5.41) is 6.58. The molecule has 1 aliphatic rings. The van der Waals surface area contributed by atoms with Gasteiger partial charge in [0.15, 0.2) is 0 Å². The van der Waals surface area contributed by atoms with Crippen LogP contribution >= 0.6 is 0 Å². The summed E-state index contributed by atoms with van der Waals surface area (Å²) < 4.78 is 6.87. The van der Waals surface area contributed by atoms with Crippen LogP contribution in [0.15, 0.2) is 53.6 Å². The molecule has 1 aromatic carbocycles. The molecule has 3 heterocycles. The third-order valence-electron chi connectivity index (χ3n) is 5.24. The molecule has 1 aliphatic heterocycles. The minimum absolute atomic E-state index is 0.137. The first-order valence-corrected chi connectivity index (χ1v) is 10.4. The number of amides is 3. The van der Waals surface area contributed by atoms with Gasteiger partial charge < -0.3 is 24.2 Å². The molecule has 4 rings (SSSR count). The van der Waals surface area contributed by atoms with E-state index in [2.05, 4.69) is 15.5 Å². The van der Waals surface area contributed by atoms with Crippen LogP contribution in [0.25, 0.3) is 0 Å². The topological polar surface area (TPSA) is 114 Å². The Morgan fingerprint density at radius 2 is 1.81 bits per heavy atom. The van der Waals surface area contributed by atoms with E-state index in [9.17, 15) is 14.4 Å². The first-order chi connectivity index (χ1) is 15.5. The molecular weight excluding hydrogens is 412 g/mol. The van der Waals surface area contributed by atoms with Crippen LogP contribution in [0.1, 0.15) is 33.0 Å². The van der Waals surface area contributed by atoms with Crippen LogP contribution in [0.4, 0.5) is 5.69 Å². The number of benzene rings is 1. The molecule has 166 valence electrons. The molecule has 1 saturated heterocycles. The minimum Gasteiger partial charge on any atom is -0.351 e. The third-order valence-corrected chi connectivity index (χ3v) is 5.24. The molecule has 0 bridgehead atoms. The number of imidazole rings is 1. The molecule has 3 aromatic rings. The van der Waals surface area contributed by atoms with Crippen LogP contribution in [-0.4, -0.2) is 68.4 Å². The van der Waals surface area contributed by atoms with E-state index in [4.69, 9.17) is 4.52 Å². The van der Waals surface area contributed by atoms with E-state index < -0.39 is 0 Å². The largest absolute Gasteiger partial charge is 0.351 e. The van der Waals surface area contributed by atoms with E-state index in [0.717, 1.165) is 0 Å². The van der Waals surface area contributed by atoms with Gasteiger partial charge in [-0.2, -0.15) is 0 Å². The first-order valence-electron chi connectivity index (χ1n) is 10.4. The molecule has 2 aromatic heterocycles. The van der Waals surface area contributed by atoms with Crippen molar-refractivity contribution in [1.29, 1.82) is 0 Å². The molecule has 0 radical (unpaired) electrons. The Morgan fingerprint density at radius 1 is 1.06 bits per heavy atom. The lowest BCUT2D eigenvalue weighted by atomic mass is 10.1. The van der Waals surface area contributed by atoms with Gasteiger partial charge in [0.05, 0.1) is 12.0 Å². The molecule has 1 fully saturated rings. The molecule has 0 spiro atoms. The van der Waals surface area contributed by atoms with Gasteiger partial charge in [0.2, 0.25) is 11.7 Å². The SMILES string of the molecule is Cc1cc(C(=O)N2CCN(C(=O)c3cccc(NC(=O)CCn4ccnc4)c3)CC2)on1. The number of nitrogens with one attached hydrogen (secondary N) is 1. The van der Waals surface area contributed by atoms with E-state index >= 15 is 0 Å². The van der Waals surface area contributed by atoms with Gasteiger partial charge in [0.25, 0.3) is 11.8 Å². The quantitative estimate of drug-likeness (QED) is 0.630. The van der Waals surface area contributed by atoms with Gasteiger partial charge >= 0.3 is 0 Å². The maximum absolute atomic E-state index is 12.9. The molecule has 0 saturated carbocycles. The normalized spacial score (nSPS) is 13.8. The van der Waals surface area contributed by atoms with Crippen molar-refractivity contribution in [2.75, 3.05) is 31.5 Å². The highest BCUT2D eigenvalue weighted by atomic mass is 16.5. The molecule has 3 amide bonds. The second-order valence-corrected chi connectivity index (χ2v) is 7.60. The van der Waals surface area contributed by atoms with Crippen LogP contribution < -0.4 is 5.32 Å². The van der Waals surface area contributed by atoms with Crippen molar-refractivity contribution < 1.29 is 18.9 Å². The average molecular weight is 436 g/mol. The number of carbonyl (C=O) groups excluding carboxylic acids is 3. The summed E-state index contributed by atoms with van der Waals surface area (Å²) in [4.78, 5) is 44.9. The lowest BCUT2D eigenvalue weighted by Crippen LogP contribution is -2.50. The number of rotatable bonds is 6. The van der Waals surface area contributed by atoms with Gasteiger partial charge in [-0.15, -0.1) is 0 Å². The third kappa shape index (κ3) is 5.02. The fourth-order valence-corrected chi connectivity index (χ4v) is 3.52. The van der Waals surface area contributed by atoms with Crippen molar-refractivity contribution in [2.24, 2.45) is 0 Å². The Hall–Kier alpha value is -3.95. The van der Waals surface area contributed by atoms with Crippen molar-refractivity contribution in [3.8, 4) is 0 Å².